The number of hydrogen-bond acceptors (Lipinski definition) is 4. The summed E-state index contributed by atoms with van der Waals surface area (Å²) in [5.74, 6) is 3.30. The fourth-order valence-corrected chi connectivity index (χ4v) is 10.1. The predicted molar refractivity (Wildman–Crippen MR) is 174 cm³/mol. The number of para-hydroxylation sites is 1. The Balaban J connectivity index is 1.31. The normalized spacial score (nSPS) is 16.8. The first kappa shape index (κ1) is 29.9. The lowest BCUT2D eigenvalue weighted by molar-refractivity contribution is 0.396. The molecular formula is C33H47NOS3. The molecular weight excluding hydrogens is 523 g/mol. The fraction of sp³-hybridized carbons (Fsp3) is 0.606. The Bertz CT molecular complexity index is 1140. The van der Waals surface area contributed by atoms with Crippen LogP contribution in [0.5, 0.6) is 0 Å². The second kappa shape index (κ2) is 16.3. The molecule has 2 nitrogen and oxygen atoms in total. The Kier molecular flexibility index (Phi) is 12.8. The van der Waals surface area contributed by atoms with Crippen molar-refractivity contribution in [2.75, 3.05) is 11.5 Å². The molecule has 1 saturated heterocycles. The van der Waals surface area contributed by atoms with Gasteiger partial charge in [0.2, 0.25) is 5.43 Å². The first-order valence-electron chi connectivity index (χ1n) is 15.2. The van der Waals surface area contributed by atoms with E-state index >= 15 is 0 Å². The number of rotatable bonds is 16. The zero-order valence-corrected chi connectivity index (χ0v) is 26.0. The van der Waals surface area contributed by atoms with Gasteiger partial charge in [-0.15, -0.1) is 11.8 Å². The predicted octanol–water partition coefficient (Wildman–Crippen LogP) is 10.7. The fourth-order valence-electron chi connectivity index (χ4n) is 5.91. The van der Waals surface area contributed by atoms with Crippen LogP contribution in [0.2, 0.25) is 0 Å². The van der Waals surface area contributed by atoms with E-state index in [2.05, 4.69) is 82.5 Å². The third kappa shape index (κ3) is 8.24. The summed E-state index contributed by atoms with van der Waals surface area (Å²) in [6, 6.07) is 14.9. The van der Waals surface area contributed by atoms with Gasteiger partial charge in [-0.2, -0.15) is 0 Å². The van der Waals surface area contributed by atoms with Crippen molar-refractivity contribution in [2.24, 2.45) is 5.92 Å². The van der Waals surface area contributed by atoms with Crippen LogP contribution < -0.4 is 5.43 Å². The van der Waals surface area contributed by atoms with Gasteiger partial charge in [-0.3, -0.25) is 4.79 Å². The molecule has 1 fully saturated rings. The molecule has 0 aromatic heterocycles. The lowest BCUT2D eigenvalue weighted by Gasteiger charge is -2.29. The molecule has 0 radical (unpaired) electrons. The van der Waals surface area contributed by atoms with Crippen molar-refractivity contribution in [3.05, 3.63) is 52.7 Å². The minimum Gasteiger partial charge on any atom is -0.340 e. The van der Waals surface area contributed by atoms with E-state index in [1.165, 1.54) is 93.7 Å². The van der Waals surface area contributed by atoms with Gasteiger partial charge < -0.3 is 4.57 Å². The molecule has 1 aromatic carbocycles. The van der Waals surface area contributed by atoms with Crippen LogP contribution in [0.3, 0.4) is 0 Å². The van der Waals surface area contributed by atoms with Gasteiger partial charge in [-0.1, -0.05) is 98.6 Å². The number of pyridine rings is 1. The average Bonchev–Trinajstić information content (AvgIpc) is 2.95. The molecule has 0 saturated carbocycles. The Morgan fingerprint density at radius 3 is 2.61 bits per heavy atom. The second-order valence-electron chi connectivity index (χ2n) is 10.9. The van der Waals surface area contributed by atoms with Crippen LogP contribution in [-0.4, -0.2) is 21.3 Å². The maximum Gasteiger partial charge on any atom is 0.201 e. The second-order valence-corrected chi connectivity index (χ2v) is 14.8. The summed E-state index contributed by atoms with van der Waals surface area (Å²) in [5, 5.41) is 2.06. The van der Waals surface area contributed by atoms with Crippen LogP contribution in [0.1, 0.15) is 97.3 Å². The number of unbranched alkanes of at least 4 members (excludes halogenated alkanes) is 6. The SMILES string of the molecule is CCCCCCn1c2ccc(SCCCCCCC(CCC)C3CCCSS3)c(=O)c-2cc2ccccc21. The van der Waals surface area contributed by atoms with Crippen molar-refractivity contribution in [1.82, 2.24) is 4.57 Å². The zero-order valence-electron chi connectivity index (χ0n) is 23.6. The number of aryl methyl sites for hydroxylation is 1. The molecule has 0 bridgehead atoms. The van der Waals surface area contributed by atoms with Gasteiger partial charge >= 0.3 is 0 Å². The van der Waals surface area contributed by atoms with E-state index in [0.29, 0.717) is 0 Å². The van der Waals surface area contributed by atoms with Crippen molar-refractivity contribution in [3.8, 4) is 11.3 Å². The van der Waals surface area contributed by atoms with Crippen LogP contribution in [0, 0.1) is 5.92 Å². The van der Waals surface area contributed by atoms with Gasteiger partial charge in [0.05, 0.1) is 10.6 Å². The first-order valence-corrected chi connectivity index (χ1v) is 18.6. The molecule has 2 atom stereocenters. The molecule has 5 heteroatoms. The number of aromatic nitrogens is 1. The van der Waals surface area contributed by atoms with Crippen LogP contribution >= 0.6 is 33.3 Å². The minimum absolute atomic E-state index is 0.214. The molecule has 0 N–H and O–H groups in total. The maximum absolute atomic E-state index is 13.5. The van der Waals surface area contributed by atoms with Crippen LogP contribution in [0.25, 0.3) is 22.2 Å². The molecule has 2 aliphatic heterocycles. The molecule has 0 amide bonds. The summed E-state index contributed by atoms with van der Waals surface area (Å²) >= 11 is 1.76. The Labute approximate surface area is 243 Å². The molecule has 4 rings (SSSR count). The van der Waals surface area contributed by atoms with E-state index in [4.69, 9.17) is 0 Å². The monoisotopic (exact) mass is 569 g/mol. The molecule has 38 heavy (non-hydrogen) atoms. The van der Waals surface area contributed by atoms with Crippen molar-refractivity contribution in [3.63, 3.8) is 0 Å². The van der Waals surface area contributed by atoms with E-state index in [1.54, 1.807) is 11.8 Å². The highest BCUT2D eigenvalue weighted by Gasteiger charge is 2.23. The highest BCUT2D eigenvalue weighted by molar-refractivity contribution is 8.77. The highest BCUT2D eigenvalue weighted by Crippen LogP contribution is 2.42. The summed E-state index contributed by atoms with van der Waals surface area (Å²) in [5.41, 5.74) is 3.42. The van der Waals surface area contributed by atoms with E-state index in [-0.39, 0.29) is 5.43 Å². The summed E-state index contributed by atoms with van der Waals surface area (Å²) in [7, 11) is 4.27. The van der Waals surface area contributed by atoms with Crippen LogP contribution in [-0.2, 0) is 6.54 Å². The van der Waals surface area contributed by atoms with Crippen molar-refractivity contribution < 1.29 is 0 Å². The number of fused-ring (bicyclic) bond motifs is 2. The third-order valence-electron chi connectivity index (χ3n) is 8.01. The first-order chi connectivity index (χ1) is 18.7. The molecule has 2 unspecified atom stereocenters. The number of thioether (sulfide) groups is 1. The summed E-state index contributed by atoms with van der Waals surface area (Å²) in [4.78, 5) is 14.4. The van der Waals surface area contributed by atoms with Crippen molar-refractivity contribution in [2.45, 2.75) is 114 Å². The lowest BCUT2D eigenvalue weighted by Crippen LogP contribution is -2.19. The van der Waals surface area contributed by atoms with Gasteiger partial charge in [0, 0.05) is 28.6 Å². The van der Waals surface area contributed by atoms with Gasteiger partial charge in [0.15, 0.2) is 0 Å². The van der Waals surface area contributed by atoms with Gasteiger partial charge in [0.1, 0.15) is 0 Å². The maximum atomic E-state index is 13.5. The Morgan fingerprint density at radius 1 is 0.947 bits per heavy atom. The standard InChI is InChI=1S/C33H47NOS3/c1-3-5-6-12-22-34-29-18-11-10-17-27(29)25-28-30(34)20-21-32(33(28)35)36-23-13-8-7-9-16-26(15-4-2)31-19-14-24-37-38-31/h10-11,17-18,20-21,25-26,31H,3-9,12-16,19,22-24H2,1-2H3. The minimum atomic E-state index is 0.214. The zero-order chi connectivity index (χ0) is 26.6. The average molecular weight is 570 g/mol. The van der Waals surface area contributed by atoms with Gasteiger partial charge in [-0.25, -0.2) is 0 Å². The molecule has 1 aliphatic carbocycles. The molecule has 2 heterocycles. The lowest BCUT2D eigenvalue weighted by atomic mass is 9.91. The van der Waals surface area contributed by atoms with E-state index in [9.17, 15) is 4.79 Å². The number of hydrogen-bond donors (Lipinski definition) is 0. The van der Waals surface area contributed by atoms with E-state index in [0.717, 1.165) is 46.0 Å². The quantitative estimate of drug-likeness (QED) is 0.0740. The smallest absolute Gasteiger partial charge is 0.201 e. The van der Waals surface area contributed by atoms with Crippen molar-refractivity contribution in [1.29, 1.82) is 0 Å². The van der Waals surface area contributed by atoms with E-state index < -0.39 is 0 Å². The van der Waals surface area contributed by atoms with E-state index in [1.807, 2.05) is 0 Å². The summed E-state index contributed by atoms with van der Waals surface area (Å²) in [6.07, 6.45) is 17.0. The largest absolute Gasteiger partial charge is 0.340 e. The topological polar surface area (TPSA) is 22.0 Å². The summed E-state index contributed by atoms with van der Waals surface area (Å²) in [6.45, 7) is 5.57. The number of benzene rings is 2. The Morgan fingerprint density at radius 2 is 1.79 bits per heavy atom. The molecule has 3 aliphatic rings. The van der Waals surface area contributed by atoms with Crippen LogP contribution in [0.4, 0.5) is 0 Å². The summed E-state index contributed by atoms with van der Waals surface area (Å²) < 4.78 is 2.38. The Hall–Kier alpha value is -1.04. The molecule has 0 spiro atoms. The molecule has 208 valence electrons. The van der Waals surface area contributed by atoms with Crippen molar-refractivity contribution >= 4 is 44.3 Å². The molecule has 1 aromatic rings. The van der Waals surface area contributed by atoms with Crippen LogP contribution in [0.15, 0.2) is 52.2 Å². The van der Waals surface area contributed by atoms with Gasteiger partial charge in [0.25, 0.3) is 0 Å². The number of nitrogens with zero attached hydrogens (tertiary/aromatic N) is 1. The third-order valence-corrected chi connectivity index (χ3v) is 12.2. The highest BCUT2D eigenvalue weighted by atomic mass is 33.1. The van der Waals surface area contributed by atoms with Gasteiger partial charge in [-0.05, 0) is 79.8 Å².